The van der Waals surface area contributed by atoms with Gasteiger partial charge in [0.05, 0.1) is 0 Å². The zero-order chi connectivity index (χ0) is 13.8. The number of nitrogens with zero attached hydrogens (tertiary/aromatic N) is 3. The molecule has 0 bridgehead atoms. The van der Waals surface area contributed by atoms with Gasteiger partial charge in [-0.2, -0.15) is 0 Å². The van der Waals surface area contributed by atoms with E-state index in [1.807, 2.05) is 4.90 Å². The van der Waals surface area contributed by atoms with Crippen LogP contribution >= 0.6 is 0 Å². The summed E-state index contributed by atoms with van der Waals surface area (Å²) in [5.74, 6) is 0.239. The second kappa shape index (κ2) is 6.18. The second-order valence-electron chi connectivity index (χ2n) is 5.43. The Hall–Kier alpha value is -1.37. The summed E-state index contributed by atoms with van der Waals surface area (Å²) in [5, 5.41) is 9.54. The number of hydrogen-bond donors (Lipinski definition) is 0. The average molecular weight is 271 g/mol. The molecule has 0 spiro atoms. The molecule has 0 N–H and O–H groups in total. The summed E-state index contributed by atoms with van der Waals surface area (Å²) in [4.78, 5) is 31.3. The normalized spacial score (nSPS) is 29.0. The van der Waals surface area contributed by atoms with Crippen LogP contribution in [0, 0.1) is 16.0 Å². The van der Waals surface area contributed by atoms with Crippen molar-refractivity contribution in [1.29, 1.82) is 0 Å². The minimum atomic E-state index is -0.729. The van der Waals surface area contributed by atoms with E-state index in [0.717, 1.165) is 26.2 Å². The summed E-state index contributed by atoms with van der Waals surface area (Å²) in [6, 6.07) is 0. The smallest absolute Gasteiger partial charge is 0.294 e. The second-order valence-corrected chi connectivity index (χ2v) is 5.43. The van der Waals surface area contributed by atoms with Gasteiger partial charge in [-0.1, -0.05) is 0 Å². The molecule has 0 aromatic heterocycles. The third-order valence-electron chi connectivity index (χ3n) is 4.07. The molecule has 1 aliphatic carbocycles. The van der Waals surface area contributed by atoms with Gasteiger partial charge >= 0.3 is 0 Å². The minimum Gasteiger partial charge on any atom is -0.340 e. The van der Waals surface area contributed by atoms with E-state index < -0.39 is 5.09 Å². The molecule has 0 radical (unpaired) electrons. The molecular formula is C12H21N3O4. The molecule has 1 saturated carbocycles. The Morgan fingerprint density at radius 2 is 1.74 bits per heavy atom. The highest BCUT2D eigenvalue weighted by molar-refractivity contribution is 5.79. The molecule has 2 rings (SSSR count). The van der Waals surface area contributed by atoms with Crippen molar-refractivity contribution in [3.8, 4) is 0 Å². The van der Waals surface area contributed by atoms with Crippen molar-refractivity contribution in [1.82, 2.24) is 9.80 Å². The van der Waals surface area contributed by atoms with Crippen molar-refractivity contribution in [2.24, 2.45) is 5.92 Å². The molecular weight excluding hydrogens is 250 g/mol. The van der Waals surface area contributed by atoms with Crippen LogP contribution in [0.25, 0.3) is 0 Å². The van der Waals surface area contributed by atoms with E-state index >= 15 is 0 Å². The first-order chi connectivity index (χ1) is 9.06. The van der Waals surface area contributed by atoms with E-state index in [1.54, 1.807) is 0 Å². The SMILES string of the molecule is CN1CCN(C(=O)C2CCC(O[N+](=O)[O-])CC2)CC1. The molecule has 7 heteroatoms. The molecule has 0 aromatic carbocycles. The fourth-order valence-corrected chi connectivity index (χ4v) is 2.82. The van der Waals surface area contributed by atoms with Gasteiger partial charge in [0.25, 0.3) is 5.09 Å². The molecule has 1 amide bonds. The molecule has 2 fully saturated rings. The van der Waals surface area contributed by atoms with Gasteiger partial charge in [-0.3, -0.25) is 4.79 Å². The first-order valence-corrected chi connectivity index (χ1v) is 6.84. The first kappa shape index (κ1) is 14.0. The van der Waals surface area contributed by atoms with Gasteiger partial charge < -0.3 is 14.6 Å². The number of hydrogen-bond acceptors (Lipinski definition) is 5. The van der Waals surface area contributed by atoms with Crippen LogP contribution in [0.3, 0.4) is 0 Å². The van der Waals surface area contributed by atoms with Crippen molar-refractivity contribution >= 4 is 5.91 Å². The number of amides is 1. The highest BCUT2D eigenvalue weighted by atomic mass is 17.0. The van der Waals surface area contributed by atoms with Crippen molar-refractivity contribution in [2.75, 3.05) is 33.2 Å². The zero-order valence-electron chi connectivity index (χ0n) is 11.3. The van der Waals surface area contributed by atoms with Crippen molar-refractivity contribution < 1.29 is 14.7 Å². The van der Waals surface area contributed by atoms with E-state index in [4.69, 9.17) is 0 Å². The Bertz CT molecular complexity index is 334. The number of carbonyl (C=O) groups is 1. The Kier molecular flexibility index (Phi) is 4.57. The lowest BCUT2D eigenvalue weighted by Gasteiger charge is -2.36. The largest absolute Gasteiger partial charge is 0.340 e. The minimum absolute atomic E-state index is 0.0232. The molecule has 2 aliphatic rings. The third kappa shape index (κ3) is 3.79. The highest BCUT2D eigenvalue weighted by Crippen LogP contribution is 2.28. The van der Waals surface area contributed by atoms with Gasteiger partial charge in [-0.05, 0) is 32.7 Å². The van der Waals surface area contributed by atoms with Gasteiger partial charge in [0, 0.05) is 32.1 Å². The van der Waals surface area contributed by atoms with E-state index in [9.17, 15) is 14.9 Å². The van der Waals surface area contributed by atoms with Crippen LogP contribution in [0.1, 0.15) is 25.7 Å². The first-order valence-electron chi connectivity index (χ1n) is 6.84. The fourth-order valence-electron chi connectivity index (χ4n) is 2.82. The van der Waals surface area contributed by atoms with Crippen molar-refractivity contribution in [2.45, 2.75) is 31.8 Å². The van der Waals surface area contributed by atoms with Crippen LogP contribution in [-0.2, 0) is 9.63 Å². The lowest BCUT2D eigenvalue weighted by Crippen LogP contribution is -2.49. The zero-order valence-corrected chi connectivity index (χ0v) is 11.3. The summed E-state index contributed by atoms with van der Waals surface area (Å²) < 4.78 is 0. The van der Waals surface area contributed by atoms with Gasteiger partial charge in [0.1, 0.15) is 6.10 Å². The lowest BCUT2D eigenvalue weighted by molar-refractivity contribution is -0.769. The maximum absolute atomic E-state index is 12.3. The number of carbonyl (C=O) groups excluding carboxylic acids is 1. The highest BCUT2D eigenvalue weighted by Gasteiger charge is 2.31. The average Bonchev–Trinajstić information content (AvgIpc) is 2.39. The summed E-state index contributed by atoms with van der Waals surface area (Å²) >= 11 is 0. The van der Waals surface area contributed by atoms with Crippen LogP contribution in [0.15, 0.2) is 0 Å². The molecule has 0 aromatic rings. The van der Waals surface area contributed by atoms with Crippen LogP contribution < -0.4 is 0 Å². The molecule has 0 atom stereocenters. The Labute approximate surface area is 112 Å². The molecule has 7 nitrogen and oxygen atoms in total. The number of rotatable bonds is 3. The van der Waals surface area contributed by atoms with Crippen LogP contribution in [0.5, 0.6) is 0 Å². The standard InChI is InChI=1S/C12H21N3O4/c1-13-6-8-14(9-7-13)12(16)10-2-4-11(5-3-10)19-15(17)18/h10-11H,2-9H2,1H3. The van der Waals surface area contributed by atoms with Gasteiger partial charge in [0.15, 0.2) is 0 Å². The van der Waals surface area contributed by atoms with Crippen molar-refractivity contribution in [3.05, 3.63) is 10.1 Å². The summed E-state index contributed by atoms with van der Waals surface area (Å²) in [5.41, 5.74) is 0. The van der Waals surface area contributed by atoms with Crippen LogP contribution in [-0.4, -0.2) is 60.1 Å². The summed E-state index contributed by atoms with van der Waals surface area (Å²) in [6.07, 6.45) is 2.27. The van der Waals surface area contributed by atoms with E-state index in [2.05, 4.69) is 16.8 Å². The predicted octanol–water partition coefficient (Wildman–Crippen LogP) is 0.527. The predicted molar refractivity (Wildman–Crippen MR) is 67.9 cm³/mol. The number of likely N-dealkylation sites (N-methyl/N-ethyl adjacent to an activating group) is 1. The van der Waals surface area contributed by atoms with Crippen LogP contribution in [0.4, 0.5) is 0 Å². The van der Waals surface area contributed by atoms with E-state index in [0.29, 0.717) is 25.7 Å². The quantitative estimate of drug-likeness (QED) is 0.553. The Morgan fingerprint density at radius 1 is 1.16 bits per heavy atom. The van der Waals surface area contributed by atoms with Crippen molar-refractivity contribution in [3.63, 3.8) is 0 Å². The van der Waals surface area contributed by atoms with Gasteiger partial charge in [-0.15, -0.1) is 10.1 Å². The Balaban J connectivity index is 1.77. The van der Waals surface area contributed by atoms with Gasteiger partial charge in [0.2, 0.25) is 5.91 Å². The van der Waals surface area contributed by atoms with Gasteiger partial charge in [-0.25, -0.2) is 0 Å². The molecule has 19 heavy (non-hydrogen) atoms. The topological polar surface area (TPSA) is 75.9 Å². The van der Waals surface area contributed by atoms with E-state index in [-0.39, 0.29) is 17.9 Å². The third-order valence-corrected chi connectivity index (χ3v) is 4.07. The Morgan fingerprint density at radius 3 is 2.26 bits per heavy atom. The summed E-state index contributed by atoms with van der Waals surface area (Å²) in [6.45, 7) is 3.43. The lowest BCUT2D eigenvalue weighted by atomic mass is 9.86. The summed E-state index contributed by atoms with van der Waals surface area (Å²) in [7, 11) is 2.06. The number of piperazine rings is 1. The molecule has 1 heterocycles. The maximum atomic E-state index is 12.3. The molecule has 108 valence electrons. The molecule has 1 saturated heterocycles. The monoisotopic (exact) mass is 271 g/mol. The maximum Gasteiger partial charge on any atom is 0.294 e. The van der Waals surface area contributed by atoms with E-state index in [1.165, 1.54) is 0 Å². The van der Waals surface area contributed by atoms with Crippen LogP contribution in [0.2, 0.25) is 0 Å². The fraction of sp³-hybridized carbons (Fsp3) is 0.917. The molecule has 1 aliphatic heterocycles. The molecule has 0 unspecified atom stereocenters.